The van der Waals surface area contributed by atoms with Crippen LogP contribution in [0.1, 0.15) is 46.5 Å². The highest BCUT2D eigenvalue weighted by Gasteiger charge is 2.29. The van der Waals surface area contributed by atoms with E-state index in [1.54, 1.807) is 0 Å². The lowest BCUT2D eigenvalue weighted by Crippen LogP contribution is -2.43. The van der Waals surface area contributed by atoms with Gasteiger partial charge in [-0.25, -0.2) is 0 Å². The molecule has 0 aromatic carbocycles. The molecule has 4 heteroatoms. The largest absolute Gasteiger partial charge is 0.356 e. The highest BCUT2D eigenvalue weighted by Crippen LogP contribution is 2.36. The predicted molar refractivity (Wildman–Crippen MR) is 83.5 cm³/mol. The Kier molecular flexibility index (Phi) is 6.90. The van der Waals surface area contributed by atoms with Crippen LogP contribution < -0.4 is 10.6 Å². The van der Waals surface area contributed by atoms with Gasteiger partial charge in [-0.3, -0.25) is 4.99 Å². The van der Waals surface area contributed by atoms with E-state index >= 15 is 0 Å². The zero-order chi connectivity index (χ0) is 13.4. The maximum atomic E-state index is 4.28. The molecule has 0 spiro atoms. The zero-order valence-electron chi connectivity index (χ0n) is 12.4. The molecule has 1 aliphatic rings. The fraction of sp³-hybridized carbons (Fsp3) is 0.929. The second kappa shape index (κ2) is 7.93. The molecule has 1 atom stereocenters. The Balaban J connectivity index is 2.17. The van der Waals surface area contributed by atoms with Crippen molar-refractivity contribution in [2.75, 3.05) is 25.9 Å². The third kappa shape index (κ3) is 5.98. The summed E-state index contributed by atoms with van der Waals surface area (Å²) in [6, 6.07) is 0. The first kappa shape index (κ1) is 15.7. The molecular weight excluding hydrogens is 242 g/mol. The van der Waals surface area contributed by atoms with Crippen LogP contribution in [0, 0.1) is 5.92 Å². The third-order valence-corrected chi connectivity index (χ3v) is 4.94. The quantitative estimate of drug-likeness (QED) is 0.443. The van der Waals surface area contributed by atoms with E-state index in [9.17, 15) is 0 Å². The van der Waals surface area contributed by atoms with Gasteiger partial charge in [0.2, 0.25) is 0 Å². The Morgan fingerprint density at radius 3 is 2.72 bits per heavy atom. The zero-order valence-corrected chi connectivity index (χ0v) is 13.2. The van der Waals surface area contributed by atoms with Gasteiger partial charge in [-0.15, -0.1) is 0 Å². The summed E-state index contributed by atoms with van der Waals surface area (Å²) in [5.74, 6) is 3.04. The summed E-state index contributed by atoms with van der Waals surface area (Å²) in [5.41, 5.74) is 0. The average molecular weight is 271 g/mol. The van der Waals surface area contributed by atoms with Crippen molar-refractivity contribution in [1.82, 2.24) is 10.6 Å². The van der Waals surface area contributed by atoms with Gasteiger partial charge in [0, 0.05) is 24.9 Å². The fourth-order valence-corrected chi connectivity index (χ4v) is 3.43. The molecule has 18 heavy (non-hydrogen) atoms. The summed E-state index contributed by atoms with van der Waals surface area (Å²) < 4.78 is 0.398. The van der Waals surface area contributed by atoms with Gasteiger partial charge in [0.15, 0.2) is 5.96 Å². The lowest BCUT2D eigenvalue weighted by atomic mass is 10.1. The van der Waals surface area contributed by atoms with Gasteiger partial charge >= 0.3 is 0 Å². The van der Waals surface area contributed by atoms with Crippen LogP contribution in [0.3, 0.4) is 0 Å². The Labute approximate surface area is 117 Å². The molecule has 0 bridgehead atoms. The molecule has 1 unspecified atom stereocenters. The molecule has 0 radical (unpaired) electrons. The van der Waals surface area contributed by atoms with E-state index in [1.807, 2.05) is 7.05 Å². The Hall–Kier alpha value is -0.380. The fourth-order valence-electron chi connectivity index (χ4n) is 2.18. The number of thioether (sulfide) groups is 1. The van der Waals surface area contributed by atoms with E-state index in [-0.39, 0.29) is 0 Å². The molecule has 2 N–H and O–H groups in total. The Bertz CT molecular complexity index is 258. The maximum absolute atomic E-state index is 4.28. The van der Waals surface area contributed by atoms with Crippen LogP contribution in [0.4, 0.5) is 0 Å². The van der Waals surface area contributed by atoms with Gasteiger partial charge in [-0.05, 0) is 44.3 Å². The molecule has 1 aliphatic heterocycles. The average Bonchev–Trinajstić information content (AvgIpc) is 2.75. The molecule has 0 aliphatic carbocycles. The molecule has 0 amide bonds. The van der Waals surface area contributed by atoms with Crippen LogP contribution in [0.5, 0.6) is 0 Å². The summed E-state index contributed by atoms with van der Waals surface area (Å²) in [6.45, 7) is 8.92. The van der Waals surface area contributed by atoms with E-state index < -0.39 is 0 Å². The molecule has 0 aromatic rings. The van der Waals surface area contributed by atoms with E-state index in [2.05, 4.69) is 48.2 Å². The molecule has 0 aromatic heterocycles. The van der Waals surface area contributed by atoms with Crippen molar-refractivity contribution < 1.29 is 0 Å². The van der Waals surface area contributed by atoms with Crippen molar-refractivity contribution in [2.45, 2.75) is 51.2 Å². The molecule has 3 nitrogen and oxygen atoms in total. The van der Waals surface area contributed by atoms with Crippen LogP contribution in [-0.4, -0.2) is 36.6 Å². The van der Waals surface area contributed by atoms with Crippen molar-refractivity contribution in [3.05, 3.63) is 0 Å². The number of nitrogens with zero attached hydrogens (tertiary/aromatic N) is 1. The first-order valence-electron chi connectivity index (χ1n) is 7.14. The van der Waals surface area contributed by atoms with Crippen LogP contribution in [0.25, 0.3) is 0 Å². The molecule has 1 saturated heterocycles. The summed E-state index contributed by atoms with van der Waals surface area (Å²) in [5, 5.41) is 6.85. The molecular formula is C14H29N3S. The summed E-state index contributed by atoms with van der Waals surface area (Å²) in [7, 11) is 1.85. The van der Waals surface area contributed by atoms with Crippen molar-refractivity contribution in [1.29, 1.82) is 0 Å². The predicted octanol–water partition coefficient (Wildman–Crippen LogP) is 2.87. The molecule has 106 valence electrons. The van der Waals surface area contributed by atoms with Crippen molar-refractivity contribution in [3.63, 3.8) is 0 Å². The maximum Gasteiger partial charge on any atom is 0.191 e. The first-order valence-corrected chi connectivity index (χ1v) is 8.13. The van der Waals surface area contributed by atoms with Crippen molar-refractivity contribution in [3.8, 4) is 0 Å². The standard InChI is InChI=1S/C14H29N3S/c1-12(2)7-5-9-16-13(15-4)17-11-14(3)8-6-10-18-14/h12H,5-11H2,1-4H3,(H2,15,16,17). The SMILES string of the molecule is CN=C(NCCCC(C)C)NCC1(C)CCCS1. The number of hydrogen-bond donors (Lipinski definition) is 2. The monoisotopic (exact) mass is 271 g/mol. The van der Waals surface area contributed by atoms with Gasteiger partial charge in [0.25, 0.3) is 0 Å². The van der Waals surface area contributed by atoms with Gasteiger partial charge in [-0.2, -0.15) is 11.8 Å². The van der Waals surface area contributed by atoms with Crippen LogP contribution in [0.15, 0.2) is 4.99 Å². The van der Waals surface area contributed by atoms with E-state index in [0.29, 0.717) is 4.75 Å². The number of aliphatic imine (C=N–C) groups is 1. The highest BCUT2D eigenvalue weighted by atomic mass is 32.2. The lowest BCUT2D eigenvalue weighted by molar-refractivity contribution is 0.545. The minimum atomic E-state index is 0.398. The first-order chi connectivity index (χ1) is 8.56. The van der Waals surface area contributed by atoms with Crippen LogP contribution in [0.2, 0.25) is 0 Å². The highest BCUT2D eigenvalue weighted by molar-refractivity contribution is 8.00. The number of nitrogens with one attached hydrogen (secondary N) is 2. The minimum Gasteiger partial charge on any atom is -0.356 e. The van der Waals surface area contributed by atoms with Crippen LogP contribution in [-0.2, 0) is 0 Å². The number of guanidine groups is 1. The molecule has 1 rings (SSSR count). The smallest absolute Gasteiger partial charge is 0.191 e. The topological polar surface area (TPSA) is 36.4 Å². The lowest BCUT2D eigenvalue weighted by Gasteiger charge is -2.24. The van der Waals surface area contributed by atoms with E-state index in [0.717, 1.165) is 25.0 Å². The summed E-state index contributed by atoms with van der Waals surface area (Å²) in [6.07, 6.45) is 5.15. The molecule has 1 heterocycles. The second-order valence-electron chi connectivity index (χ2n) is 5.79. The summed E-state index contributed by atoms with van der Waals surface area (Å²) >= 11 is 2.08. The number of rotatable bonds is 6. The summed E-state index contributed by atoms with van der Waals surface area (Å²) in [4.78, 5) is 4.28. The van der Waals surface area contributed by atoms with Crippen molar-refractivity contribution >= 4 is 17.7 Å². The minimum absolute atomic E-state index is 0.398. The van der Waals surface area contributed by atoms with E-state index in [1.165, 1.54) is 31.4 Å². The van der Waals surface area contributed by atoms with Gasteiger partial charge < -0.3 is 10.6 Å². The van der Waals surface area contributed by atoms with E-state index in [4.69, 9.17) is 0 Å². The Morgan fingerprint density at radius 2 is 2.17 bits per heavy atom. The van der Waals surface area contributed by atoms with Gasteiger partial charge in [0.1, 0.15) is 0 Å². The van der Waals surface area contributed by atoms with Crippen LogP contribution >= 0.6 is 11.8 Å². The third-order valence-electron chi connectivity index (χ3n) is 3.40. The Morgan fingerprint density at radius 1 is 1.39 bits per heavy atom. The normalized spacial score (nSPS) is 24.6. The van der Waals surface area contributed by atoms with Gasteiger partial charge in [0.05, 0.1) is 0 Å². The van der Waals surface area contributed by atoms with Gasteiger partial charge in [-0.1, -0.05) is 13.8 Å². The molecule has 1 fully saturated rings. The second-order valence-corrected chi connectivity index (χ2v) is 7.47. The molecule has 0 saturated carbocycles. The van der Waals surface area contributed by atoms with Crippen molar-refractivity contribution in [2.24, 2.45) is 10.9 Å². The number of hydrogen-bond acceptors (Lipinski definition) is 2.